The van der Waals surface area contributed by atoms with Gasteiger partial charge in [0.1, 0.15) is 16.5 Å². The van der Waals surface area contributed by atoms with Crippen LogP contribution in [0.5, 0.6) is 0 Å². The van der Waals surface area contributed by atoms with Crippen molar-refractivity contribution in [3.63, 3.8) is 0 Å². The van der Waals surface area contributed by atoms with Gasteiger partial charge < -0.3 is 10.1 Å². The van der Waals surface area contributed by atoms with E-state index in [1.54, 1.807) is 13.2 Å². The maximum Gasteiger partial charge on any atom is 0.288 e. The number of nitro benzene ring substituents is 1. The third-order valence-corrected chi connectivity index (χ3v) is 5.80. The number of nitrogens with zero attached hydrogens (tertiary/aromatic N) is 2. The van der Waals surface area contributed by atoms with Crippen LogP contribution in [0, 0.1) is 26.9 Å². The summed E-state index contributed by atoms with van der Waals surface area (Å²) >= 11 is 0. The molecule has 1 saturated heterocycles. The molecule has 0 saturated carbocycles. The molecule has 1 heterocycles. The van der Waals surface area contributed by atoms with Gasteiger partial charge in [0.2, 0.25) is 10.0 Å². The van der Waals surface area contributed by atoms with E-state index in [2.05, 4.69) is 10.0 Å². The van der Waals surface area contributed by atoms with Gasteiger partial charge in [0.25, 0.3) is 5.69 Å². The number of nitrogens with one attached hydrogen (secondary N) is 2. The summed E-state index contributed by atoms with van der Waals surface area (Å²) in [6.07, 6.45) is 1.48. The second-order valence-electron chi connectivity index (χ2n) is 6.03. The lowest BCUT2D eigenvalue weighted by Crippen LogP contribution is -2.47. The molecule has 0 radical (unpaired) electrons. The van der Waals surface area contributed by atoms with E-state index >= 15 is 0 Å². The lowest BCUT2D eigenvalue weighted by Gasteiger charge is -2.37. The van der Waals surface area contributed by atoms with Crippen molar-refractivity contribution in [1.29, 1.82) is 5.26 Å². The van der Waals surface area contributed by atoms with Crippen LogP contribution in [-0.4, -0.2) is 46.7 Å². The molecule has 1 fully saturated rings. The van der Waals surface area contributed by atoms with Gasteiger partial charge in [-0.2, -0.15) is 5.26 Å². The van der Waals surface area contributed by atoms with Crippen molar-refractivity contribution >= 4 is 15.7 Å². The van der Waals surface area contributed by atoms with Crippen LogP contribution in [0.2, 0.25) is 0 Å². The van der Waals surface area contributed by atoms with Crippen LogP contribution in [0.3, 0.4) is 0 Å². The molecule has 0 unspecified atom stereocenters. The molecule has 136 valence electrons. The van der Waals surface area contributed by atoms with Crippen LogP contribution in [-0.2, 0) is 14.8 Å². The lowest BCUT2D eigenvalue weighted by atomic mass is 9.80. The molecule has 2 rings (SSSR count). The van der Waals surface area contributed by atoms with E-state index in [0.717, 1.165) is 32.0 Å². The van der Waals surface area contributed by atoms with Crippen LogP contribution < -0.4 is 10.0 Å². The zero-order valence-corrected chi connectivity index (χ0v) is 14.6. The van der Waals surface area contributed by atoms with Crippen molar-refractivity contribution in [2.45, 2.75) is 17.7 Å². The Kier molecular flexibility index (Phi) is 6.07. The Hall–Kier alpha value is -2.06. The molecule has 0 aromatic heterocycles. The highest BCUT2D eigenvalue weighted by molar-refractivity contribution is 7.89. The number of hydrogen-bond donors (Lipinski definition) is 2. The molecule has 1 aromatic rings. The number of rotatable bonds is 7. The van der Waals surface area contributed by atoms with Crippen LogP contribution in [0.25, 0.3) is 0 Å². The average molecular weight is 368 g/mol. The fourth-order valence-corrected chi connectivity index (χ4v) is 4.30. The number of hydrogen-bond acceptors (Lipinski definition) is 7. The fraction of sp³-hybridized carbons (Fsp3) is 0.533. The van der Waals surface area contributed by atoms with Crippen molar-refractivity contribution in [1.82, 2.24) is 10.0 Å². The van der Waals surface area contributed by atoms with E-state index in [0.29, 0.717) is 6.61 Å². The van der Waals surface area contributed by atoms with Gasteiger partial charge in [0, 0.05) is 25.1 Å². The molecule has 0 spiro atoms. The number of sulfonamides is 1. The molecule has 25 heavy (non-hydrogen) atoms. The molecule has 2 N–H and O–H groups in total. The van der Waals surface area contributed by atoms with Crippen molar-refractivity contribution in [2.24, 2.45) is 5.41 Å². The summed E-state index contributed by atoms with van der Waals surface area (Å²) in [6, 6.07) is 5.18. The molecule has 0 atom stereocenters. The van der Waals surface area contributed by atoms with Gasteiger partial charge in [-0.05, 0) is 32.0 Å². The van der Waals surface area contributed by atoms with E-state index in [1.165, 1.54) is 12.1 Å². The minimum Gasteiger partial charge on any atom is -0.384 e. The van der Waals surface area contributed by atoms with Gasteiger partial charge in [-0.3, -0.25) is 10.1 Å². The van der Waals surface area contributed by atoms with Crippen molar-refractivity contribution in [3.05, 3.63) is 33.9 Å². The summed E-state index contributed by atoms with van der Waals surface area (Å²) in [5, 5.41) is 23.4. The summed E-state index contributed by atoms with van der Waals surface area (Å²) in [5.41, 5.74) is -1.34. The normalized spacial score (nSPS) is 17.0. The smallest absolute Gasteiger partial charge is 0.288 e. The third-order valence-electron chi connectivity index (χ3n) is 4.35. The van der Waals surface area contributed by atoms with Crippen LogP contribution >= 0.6 is 0 Å². The second kappa shape index (κ2) is 7.88. The SMILES string of the molecule is COCC1(CNS(=O)(=O)c2cccc([N+](=O)[O-])c2C#N)CCNCC1. The van der Waals surface area contributed by atoms with Crippen LogP contribution in [0.4, 0.5) is 5.69 Å². The first-order valence-corrected chi connectivity index (χ1v) is 9.20. The molecule has 10 heteroatoms. The lowest BCUT2D eigenvalue weighted by molar-refractivity contribution is -0.385. The first-order valence-electron chi connectivity index (χ1n) is 7.72. The number of piperidine rings is 1. The number of ether oxygens (including phenoxy) is 1. The average Bonchev–Trinajstić information content (AvgIpc) is 2.60. The Bertz CT molecular complexity index is 776. The molecule has 9 nitrogen and oxygen atoms in total. The highest BCUT2D eigenvalue weighted by Gasteiger charge is 2.34. The van der Waals surface area contributed by atoms with Gasteiger partial charge in [-0.1, -0.05) is 6.07 Å². The summed E-state index contributed by atoms with van der Waals surface area (Å²) in [6.45, 7) is 2.05. The van der Waals surface area contributed by atoms with Gasteiger partial charge in [-0.25, -0.2) is 13.1 Å². The summed E-state index contributed by atoms with van der Waals surface area (Å²) in [5.74, 6) is 0. The third kappa shape index (κ3) is 4.32. The van der Waals surface area contributed by atoms with Crippen molar-refractivity contribution in [3.8, 4) is 6.07 Å². The van der Waals surface area contributed by atoms with Gasteiger partial charge in [-0.15, -0.1) is 0 Å². The van der Waals surface area contributed by atoms with Gasteiger partial charge >= 0.3 is 0 Å². The minimum absolute atomic E-state index is 0.137. The Morgan fingerprint density at radius 1 is 1.44 bits per heavy atom. The second-order valence-corrected chi connectivity index (χ2v) is 7.76. The predicted octanol–water partition coefficient (Wildman–Crippen LogP) is 0.761. The summed E-state index contributed by atoms with van der Waals surface area (Å²) in [4.78, 5) is 9.87. The zero-order valence-electron chi connectivity index (χ0n) is 13.8. The fourth-order valence-electron chi connectivity index (χ4n) is 2.97. The van der Waals surface area contributed by atoms with Gasteiger partial charge in [0.15, 0.2) is 0 Å². The highest BCUT2D eigenvalue weighted by atomic mass is 32.2. The van der Waals surface area contributed by atoms with E-state index < -0.39 is 26.2 Å². The standard InChI is InChI=1S/C15H20N4O5S/c1-24-11-15(5-7-17-8-6-15)10-18-25(22,23)14-4-2-3-13(19(20)21)12(14)9-16/h2-4,17-18H,5-8,10-11H2,1H3. The van der Waals surface area contributed by atoms with Crippen LogP contribution in [0.15, 0.2) is 23.1 Å². The first-order chi connectivity index (χ1) is 11.9. The summed E-state index contributed by atoms with van der Waals surface area (Å²) < 4.78 is 33.0. The number of nitriles is 1. The van der Waals surface area contributed by atoms with Gasteiger partial charge in [0.05, 0.1) is 11.5 Å². The minimum atomic E-state index is -4.07. The van der Waals surface area contributed by atoms with Crippen LogP contribution in [0.1, 0.15) is 18.4 Å². The Morgan fingerprint density at radius 2 is 2.12 bits per heavy atom. The topological polar surface area (TPSA) is 134 Å². The monoisotopic (exact) mass is 368 g/mol. The Balaban J connectivity index is 2.29. The highest BCUT2D eigenvalue weighted by Crippen LogP contribution is 2.30. The molecule has 0 bridgehead atoms. The molecule has 1 aliphatic rings. The molecule has 0 aliphatic carbocycles. The predicted molar refractivity (Wildman–Crippen MR) is 89.4 cm³/mol. The maximum absolute atomic E-state index is 12.6. The molecular formula is C15H20N4O5S. The van der Waals surface area contributed by atoms with E-state index in [4.69, 9.17) is 4.74 Å². The number of benzene rings is 1. The maximum atomic E-state index is 12.6. The quantitative estimate of drug-likeness (QED) is 0.536. The molecule has 0 amide bonds. The van der Waals surface area contributed by atoms with E-state index in [9.17, 15) is 23.8 Å². The zero-order chi connectivity index (χ0) is 18.5. The number of nitro groups is 1. The summed E-state index contributed by atoms with van der Waals surface area (Å²) in [7, 11) is -2.51. The molecule has 1 aromatic carbocycles. The Labute approximate surface area is 146 Å². The first kappa shape index (κ1) is 19.3. The molecular weight excluding hydrogens is 348 g/mol. The van der Waals surface area contributed by atoms with Crippen molar-refractivity contribution < 1.29 is 18.1 Å². The van der Waals surface area contributed by atoms with E-state index in [-0.39, 0.29) is 16.9 Å². The van der Waals surface area contributed by atoms with Crippen molar-refractivity contribution in [2.75, 3.05) is 33.4 Å². The number of methoxy groups -OCH3 is 1. The molecule has 1 aliphatic heterocycles. The Morgan fingerprint density at radius 3 is 2.68 bits per heavy atom. The largest absolute Gasteiger partial charge is 0.384 e. The van der Waals surface area contributed by atoms with E-state index in [1.807, 2.05) is 0 Å².